The number of rotatable bonds is 5. The Morgan fingerprint density at radius 2 is 2.17 bits per heavy atom. The van der Waals surface area contributed by atoms with E-state index in [1.165, 1.54) is 37.4 Å². The van der Waals surface area contributed by atoms with E-state index in [9.17, 15) is 0 Å². The van der Waals surface area contributed by atoms with Crippen LogP contribution in [0.15, 0.2) is 12.1 Å². The van der Waals surface area contributed by atoms with Gasteiger partial charge >= 0.3 is 0 Å². The molecule has 18 heavy (non-hydrogen) atoms. The Hall–Kier alpha value is -0.0900. The second kappa shape index (κ2) is 6.90. The van der Waals surface area contributed by atoms with E-state index in [-0.39, 0.29) is 0 Å². The Labute approximate surface area is 119 Å². The summed E-state index contributed by atoms with van der Waals surface area (Å²) in [6, 6.07) is 4.54. The zero-order valence-electron chi connectivity index (χ0n) is 11.3. The molecule has 1 N–H and O–H groups in total. The summed E-state index contributed by atoms with van der Waals surface area (Å²) in [5.74, 6) is 0.839. The molecule has 0 radical (unpaired) electrons. The lowest BCUT2D eigenvalue weighted by Crippen LogP contribution is -2.37. The second-order valence-electron chi connectivity index (χ2n) is 5.15. The summed E-state index contributed by atoms with van der Waals surface area (Å²) in [7, 11) is 0. The highest BCUT2D eigenvalue weighted by molar-refractivity contribution is 7.16. The molecule has 0 spiro atoms. The summed E-state index contributed by atoms with van der Waals surface area (Å²) in [5, 5.41) is 3.65. The van der Waals surface area contributed by atoms with Crippen molar-refractivity contribution in [3.63, 3.8) is 0 Å². The quantitative estimate of drug-likeness (QED) is 0.886. The molecule has 1 fully saturated rings. The van der Waals surface area contributed by atoms with Crippen molar-refractivity contribution in [1.82, 2.24) is 10.2 Å². The smallest absolute Gasteiger partial charge is 0.0931 e. The van der Waals surface area contributed by atoms with Crippen molar-refractivity contribution >= 4 is 22.9 Å². The zero-order valence-corrected chi connectivity index (χ0v) is 12.9. The molecule has 0 saturated carbocycles. The fraction of sp³-hybridized carbons (Fsp3) is 0.714. The van der Waals surface area contributed by atoms with E-state index >= 15 is 0 Å². The largest absolute Gasteiger partial charge is 0.309 e. The van der Waals surface area contributed by atoms with Crippen LogP contribution in [-0.2, 0) is 0 Å². The van der Waals surface area contributed by atoms with E-state index in [1.807, 2.05) is 6.07 Å². The summed E-state index contributed by atoms with van der Waals surface area (Å²) in [4.78, 5) is 3.88. The maximum atomic E-state index is 5.97. The van der Waals surface area contributed by atoms with Gasteiger partial charge in [-0.25, -0.2) is 0 Å². The lowest BCUT2D eigenvalue weighted by molar-refractivity contribution is 0.188. The predicted octanol–water partition coefficient (Wildman–Crippen LogP) is 3.78. The summed E-state index contributed by atoms with van der Waals surface area (Å²) in [6.45, 7) is 9.34. The fourth-order valence-electron chi connectivity index (χ4n) is 2.51. The van der Waals surface area contributed by atoms with Crippen molar-refractivity contribution in [3.05, 3.63) is 21.3 Å². The number of piperidine rings is 1. The molecule has 1 aliphatic heterocycles. The highest BCUT2D eigenvalue weighted by Crippen LogP contribution is 2.27. The van der Waals surface area contributed by atoms with Crippen LogP contribution in [0, 0.1) is 5.92 Å². The number of likely N-dealkylation sites (tertiary alicyclic amines) is 1. The van der Waals surface area contributed by atoms with E-state index in [0.29, 0.717) is 6.04 Å². The first-order valence-corrected chi connectivity index (χ1v) is 8.09. The second-order valence-corrected chi connectivity index (χ2v) is 6.90. The number of hydrogen-bond donors (Lipinski definition) is 1. The van der Waals surface area contributed by atoms with E-state index < -0.39 is 0 Å². The first-order chi connectivity index (χ1) is 8.69. The van der Waals surface area contributed by atoms with Crippen LogP contribution >= 0.6 is 22.9 Å². The lowest BCUT2D eigenvalue weighted by atomic mass is 9.96. The number of nitrogens with zero attached hydrogens (tertiary/aromatic N) is 1. The van der Waals surface area contributed by atoms with Crippen molar-refractivity contribution in [2.24, 2.45) is 5.92 Å². The van der Waals surface area contributed by atoms with Gasteiger partial charge in [0.05, 0.1) is 4.34 Å². The number of hydrogen-bond acceptors (Lipinski definition) is 3. The third kappa shape index (κ3) is 3.95. The molecule has 1 aromatic rings. The minimum absolute atomic E-state index is 0.423. The number of nitrogens with one attached hydrogen (secondary N) is 1. The maximum absolute atomic E-state index is 5.97. The van der Waals surface area contributed by atoms with Crippen LogP contribution in [0.3, 0.4) is 0 Å². The van der Waals surface area contributed by atoms with E-state index in [0.717, 1.165) is 16.8 Å². The molecule has 2 rings (SSSR count). The minimum Gasteiger partial charge on any atom is -0.309 e. The Kier molecular flexibility index (Phi) is 5.49. The average molecular weight is 287 g/mol. The van der Waals surface area contributed by atoms with Crippen LogP contribution in [0.2, 0.25) is 4.34 Å². The van der Waals surface area contributed by atoms with Gasteiger partial charge in [-0.3, -0.25) is 0 Å². The molecule has 1 atom stereocenters. The van der Waals surface area contributed by atoms with Crippen LogP contribution in [-0.4, -0.2) is 31.1 Å². The normalized spacial score (nSPS) is 20.2. The molecule has 2 heterocycles. The Morgan fingerprint density at radius 1 is 1.44 bits per heavy atom. The molecule has 4 heteroatoms. The van der Waals surface area contributed by atoms with Crippen LogP contribution in [0.4, 0.5) is 0 Å². The zero-order chi connectivity index (χ0) is 13.0. The highest BCUT2D eigenvalue weighted by Gasteiger charge is 2.18. The Morgan fingerprint density at radius 3 is 2.72 bits per heavy atom. The molecular weight excluding hydrogens is 264 g/mol. The molecule has 0 aromatic carbocycles. The molecule has 0 aliphatic carbocycles. The Balaban J connectivity index is 1.72. The summed E-state index contributed by atoms with van der Waals surface area (Å²) < 4.78 is 0.884. The molecule has 1 aromatic heterocycles. The van der Waals surface area contributed by atoms with Gasteiger partial charge < -0.3 is 10.2 Å². The molecule has 1 aliphatic rings. The van der Waals surface area contributed by atoms with Gasteiger partial charge in [0, 0.05) is 10.9 Å². The first kappa shape index (κ1) is 14.3. The van der Waals surface area contributed by atoms with Crippen molar-refractivity contribution in [1.29, 1.82) is 0 Å². The topological polar surface area (TPSA) is 15.3 Å². The van der Waals surface area contributed by atoms with Crippen molar-refractivity contribution in [3.8, 4) is 0 Å². The van der Waals surface area contributed by atoms with Gasteiger partial charge in [0.15, 0.2) is 0 Å². The van der Waals surface area contributed by atoms with Gasteiger partial charge in [0.2, 0.25) is 0 Å². The van der Waals surface area contributed by atoms with Gasteiger partial charge in [-0.1, -0.05) is 18.5 Å². The molecule has 0 bridgehead atoms. The van der Waals surface area contributed by atoms with E-state index in [4.69, 9.17) is 11.6 Å². The maximum Gasteiger partial charge on any atom is 0.0931 e. The van der Waals surface area contributed by atoms with Crippen molar-refractivity contribution < 1.29 is 0 Å². The third-order valence-corrected chi connectivity index (χ3v) is 5.30. The summed E-state index contributed by atoms with van der Waals surface area (Å²) in [5.41, 5.74) is 0. The third-order valence-electron chi connectivity index (χ3n) is 3.89. The van der Waals surface area contributed by atoms with Gasteiger partial charge in [0.1, 0.15) is 0 Å². The predicted molar refractivity (Wildman–Crippen MR) is 80.6 cm³/mol. The van der Waals surface area contributed by atoms with Crippen LogP contribution in [0.25, 0.3) is 0 Å². The standard InChI is InChI=1S/C14H23ClN2S/c1-3-17-8-6-12(7-9-17)10-16-11(2)13-4-5-14(15)18-13/h4-5,11-12,16H,3,6-10H2,1-2H3. The fourth-order valence-corrected chi connectivity index (χ4v) is 3.60. The molecular formula is C14H23ClN2S. The SMILES string of the molecule is CCN1CCC(CNC(C)c2ccc(Cl)s2)CC1. The van der Waals surface area contributed by atoms with Gasteiger partial charge in [0.25, 0.3) is 0 Å². The number of halogens is 1. The molecule has 2 nitrogen and oxygen atoms in total. The van der Waals surface area contributed by atoms with Gasteiger partial charge in [-0.05, 0) is 64.0 Å². The molecule has 102 valence electrons. The van der Waals surface area contributed by atoms with Crippen LogP contribution in [0.5, 0.6) is 0 Å². The van der Waals surface area contributed by atoms with Gasteiger partial charge in [-0.15, -0.1) is 11.3 Å². The highest BCUT2D eigenvalue weighted by atomic mass is 35.5. The average Bonchev–Trinajstić information content (AvgIpc) is 2.83. The molecule has 0 amide bonds. The van der Waals surface area contributed by atoms with Gasteiger partial charge in [-0.2, -0.15) is 0 Å². The monoisotopic (exact) mass is 286 g/mol. The molecule has 1 unspecified atom stereocenters. The Bertz CT molecular complexity index is 358. The van der Waals surface area contributed by atoms with Crippen LogP contribution < -0.4 is 5.32 Å². The first-order valence-electron chi connectivity index (χ1n) is 6.90. The summed E-state index contributed by atoms with van der Waals surface area (Å²) >= 11 is 7.65. The van der Waals surface area contributed by atoms with E-state index in [2.05, 4.69) is 30.1 Å². The number of thiophene rings is 1. The molecule has 1 saturated heterocycles. The van der Waals surface area contributed by atoms with Crippen LogP contribution in [0.1, 0.15) is 37.6 Å². The minimum atomic E-state index is 0.423. The van der Waals surface area contributed by atoms with E-state index in [1.54, 1.807) is 11.3 Å². The van der Waals surface area contributed by atoms with Crippen molar-refractivity contribution in [2.75, 3.05) is 26.2 Å². The summed E-state index contributed by atoms with van der Waals surface area (Å²) in [6.07, 6.45) is 2.66. The van der Waals surface area contributed by atoms with Crippen molar-refractivity contribution in [2.45, 2.75) is 32.7 Å². The lowest BCUT2D eigenvalue weighted by Gasteiger charge is -2.31.